The van der Waals surface area contributed by atoms with Crippen LogP contribution >= 0.6 is 0 Å². The number of aryl methyl sites for hydroxylation is 2. The maximum atomic E-state index is 13.0. The molecule has 0 bridgehead atoms. The molecule has 4 aromatic rings. The molecule has 0 radical (unpaired) electrons. The number of para-hydroxylation sites is 1. The van der Waals surface area contributed by atoms with Gasteiger partial charge in [0.25, 0.3) is 0 Å². The fourth-order valence-electron chi connectivity index (χ4n) is 4.30. The van der Waals surface area contributed by atoms with Gasteiger partial charge >= 0.3 is 5.97 Å². The molecule has 0 aliphatic heterocycles. The van der Waals surface area contributed by atoms with E-state index >= 15 is 0 Å². The Labute approximate surface area is 244 Å². The molecule has 0 saturated heterocycles. The van der Waals surface area contributed by atoms with E-state index in [1.54, 1.807) is 32.3 Å². The molecule has 0 spiro atoms. The number of likely N-dealkylation sites (N-methyl/N-ethyl adjacent to an activating group) is 1. The minimum absolute atomic E-state index is 0.186. The second-order valence-corrected chi connectivity index (χ2v) is 9.63. The van der Waals surface area contributed by atoms with Crippen molar-refractivity contribution in [3.05, 3.63) is 94.6 Å². The molecule has 0 unspecified atom stereocenters. The van der Waals surface area contributed by atoms with Crippen LogP contribution in [0.25, 0.3) is 17.1 Å². The van der Waals surface area contributed by atoms with Crippen molar-refractivity contribution in [2.75, 3.05) is 25.1 Å². The van der Waals surface area contributed by atoms with Gasteiger partial charge in [-0.3, -0.25) is 14.6 Å². The molecular weight excluding hydrogens is 534 g/mol. The predicted octanol–water partition coefficient (Wildman–Crippen LogP) is 4.50. The van der Waals surface area contributed by atoms with Crippen molar-refractivity contribution in [1.82, 2.24) is 20.3 Å². The molecule has 2 aromatic carbocycles. The average Bonchev–Trinajstić information content (AvgIpc) is 2.99. The van der Waals surface area contributed by atoms with Gasteiger partial charge in [0.05, 0.1) is 24.4 Å². The quantitative estimate of drug-likeness (QED) is 0.220. The molecule has 0 fully saturated rings. The van der Waals surface area contributed by atoms with E-state index in [0.717, 1.165) is 33.6 Å². The van der Waals surface area contributed by atoms with E-state index in [1.807, 2.05) is 51.1 Å². The number of carbonyl (C=O) groups excluding carboxylic acids is 3. The van der Waals surface area contributed by atoms with Gasteiger partial charge in [-0.2, -0.15) is 0 Å². The molecule has 0 saturated carbocycles. The summed E-state index contributed by atoms with van der Waals surface area (Å²) in [6.45, 7) is 7.91. The highest BCUT2D eigenvalue weighted by molar-refractivity contribution is 5.99. The second kappa shape index (κ2) is 13.5. The minimum Gasteiger partial charge on any atom is -0.487 e. The van der Waals surface area contributed by atoms with Crippen LogP contribution in [0.2, 0.25) is 0 Å². The number of benzene rings is 2. The minimum atomic E-state index is -0.508. The lowest BCUT2D eigenvalue weighted by molar-refractivity contribution is -0.122. The lowest BCUT2D eigenvalue weighted by Gasteiger charge is -2.23. The van der Waals surface area contributed by atoms with Crippen LogP contribution in [-0.2, 0) is 20.9 Å². The number of anilines is 1. The Morgan fingerprint density at radius 1 is 1.00 bits per heavy atom. The van der Waals surface area contributed by atoms with Gasteiger partial charge in [-0.25, -0.2) is 14.8 Å². The first-order valence-corrected chi connectivity index (χ1v) is 13.5. The van der Waals surface area contributed by atoms with Crippen LogP contribution in [-0.4, -0.2) is 52.9 Å². The molecule has 2 amide bonds. The summed E-state index contributed by atoms with van der Waals surface area (Å²) in [5.74, 6) is -0.587. The number of nitrogens with one attached hydrogen (secondary N) is 1. The molecule has 42 heavy (non-hydrogen) atoms. The third-order valence-electron chi connectivity index (χ3n) is 6.68. The lowest BCUT2D eigenvalue weighted by atomic mass is 10.0. The maximum Gasteiger partial charge on any atom is 0.356 e. The maximum absolute atomic E-state index is 13.0. The summed E-state index contributed by atoms with van der Waals surface area (Å²) < 4.78 is 11.1. The van der Waals surface area contributed by atoms with Crippen molar-refractivity contribution in [1.29, 1.82) is 0 Å². The Bertz CT molecular complexity index is 1650. The Morgan fingerprint density at radius 3 is 2.55 bits per heavy atom. The van der Waals surface area contributed by atoms with Crippen LogP contribution < -0.4 is 15.0 Å². The van der Waals surface area contributed by atoms with Gasteiger partial charge in [0, 0.05) is 31.2 Å². The highest BCUT2D eigenvalue weighted by atomic mass is 16.5. The van der Waals surface area contributed by atoms with Crippen molar-refractivity contribution >= 4 is 40.6 Å². The normalized spacial score (nSPS) is 11.0. The third-order valence-corrected chi connectivity index (χ3v) is 6.68. The van der Waals surface area contributed by atoms with E-state index in [2.05, 4.69) is 20.3 Å². The third kappa shape index (κ3) is 7.14. The highest BCUT2D eigenvalue weighted by Crippen LogP contribution is 2.28. The van der Waals surface area contributed by atoms with Crippen LogP contribution in [0.4, 0.5) is 5.69 Å². The fourth-order valence-corrected chi connectivity index (χ4v) is 4.30. The summed E-state index contributed by atoms with van der Waals surface area (Å²) in [6.07, 6.45) is 6.04. The van der Waals surface area contributed by atoms with Crippen LogP contribution in [0.5, 0.6) is 5.75 Å². The number of fused-ring (bicyclic) bond motifs is 1. The molecule has 2 aromatic heterocycles. The number of hydrogen-bond acceptors (Lipinski definition) is 8. The van der Waals surface area contributed by atoms with Gasteiger partial charge < -0.3 is 19.7 Å². The van der Waals surface area contributed by atoms with Crippen molar-refractivity contribution in [3.63, 3.8) is 0 Å². The molecule has 10 nitrogen and oxygen atoms in total. The van der Waals surface area contributed by atoms with Crippen LogP contribution in [0.15, 0.2) is 60.9 Å². The van der Waals surface area contributed by atoms with Gasteiger partial charge in [-0.1, -0.05) is 18.2 Å². The number of aromatic nitrogens is 3. The number of ether oxygens (including phenoxy) is 2. The molecule has 0 atom stereocenters. The van der Waals surface area contributed by atoms with E-state index < -0.39 is 11.9 Å². The molecular formula is C32H33N5O5. The monoisotopic (exact) mass is 567 g/mol. The van der Waals surface area contributed by atoms with Crippen molar-refractivity contribution < 1.29 is 23.9 Å². The highest BCUT2D eigenvalue weighted by Gasteiger charge is 2.17. The first kappa shape index (κ1) is 29.9. The van der Waals surface area contributed by atoms with Crippen molar-refractivity contribution in [2.45, 2.75) is 34.3 Å². The predicted molar refractivity (Wildman–Crippen MR) is 160 cm³/mol. The van der Waals surface area contributed by atoms with Crippen LogP contribution in [0.1, 0.15) is 45.4 Å². The standard InChI is InChI=1S/C32H33N5O5/c1-6-41-32(40)26-13-11-23(17-34-26)12-15-29(38)35-18-30(39)37(5)27-14-10-20(2)24(22(27)4)19-42-28-9-7-8-25-31(28)36-21(3)16-33-25/h7-17H,6,18-19H2,1-5H3,(H,35,38). The smallest absolute Gasteiger partial charge is 0.356 e. The zero-order valence-electron chi connectivity index (χ0n) is 24.3. The Hall–Kier alpha value is -5.12. The topological polar surface area (TPSA) is 124 Å². The first-order chi connectivity index (χ1) is 20.2. The molecule has 0 aliphatic rings. The van der Waals surface area contributed by atoms with Gasteiger partial charge in [0.15, 0.2) is 0 Å². The van der Waals surface area contributed by atoms with Gasteiger partial charge in [0.2, 0.25) is 11.8 Å². The van der Waals surface area contributed by atoms with Crippen LogP contribution in [0.3, 0.4) is 0 Å². The number of nitrogens with zero attached hydrogens (tertiary/aromatic N) is 4. The van der Waals surface area contributed by atoms with E-state index in [4.69, 9.17) is 9.47 Å². The molecule has 0 aliphatic carbocycles. The fraction of sp³-hybridized carbons (Fsp3) is 0.250. The summed E-state index contributed by atoms with van der Waals surface area (Å²) in [5, 5.41) is 2.61. The van der Waals surface area contributed by atoms with E-state index in [1.165, 1.54) is 23.2 Å². The molecule has 1 N–H and O–H groups in total. The Balaban J connectivity index is 1.37. The number of rotatable bonds is 10. The average molecular weight is 568 g/mol. The van der Waals surface area contributed by atoms with E-state index in [9.17, 15) is 14.4 Å². The summed E-state index contributed by atoms with van der Waals surface area (Å²) in [5.41, 5.74) is 6.67. The number of amides is 2. The van der Waals surface area contributed by atoms with Gasteiger partial charge in [-0.15, -0.1) is 0 Å². The second-order valence-electron chi connectivity index (χ2n) is 9.63. The number of pyridine rings is 1. The zero-order chi connectivity index (χ0) is 30.2. The van der Waals surface area contributed by atoms with E-state index in [0.29, 0.717) is 23.4 Å². The van der Waals surface area contributed by atoms with Gasteiger partial charge in [0.1, 0.15) is 23.6 Å². The first-order valence-electron chi connectivity index (χ1n) is 13.5. The summed E-state index contributed by atoms with van der Waals surface area (Å²) >= 11 is 0. The number of esters is 1. The molecule has 4 rings (SSSR count). The number of hydrogen-bond donors (Lipinski definition) is 1. The SMILES string of the molecule is CCOC(=O)c1ccc(C=CC(=O)NCC(=O)N(C)c2ccc(C)c(COc3cccc4ncc(C)nc34)c2C)cn1. The molecule has 2 heterocycles. The summed E-state index contributed by atoms with van der Waals surface area (Å²) in [7, 11) is 1.67. The summed E-state index contributed by atoms with van der Waals surface area (Å²) in [4.78, 5) is 51.6. The summed E-state index contributed by atoms with van der Waals surface area (Å²) in [6, 6.07) is 12.6. The zero-order valence-corrected chi connectivity index (χ0v) is 24.3. The number of carbonyl (C=O) groups is 3. The van der Waals surface area contributed by atoms with Gasteiger partial charge in [-0.05, 0) is 80.3 Å². The lowest BCUT2D eigenvalue weighted by Crippen LogP contribution is -2.38. The van der Waals surface area contributed by atoms with Crippen molar-refractivity contribution in [3.8, 4) is 5.75 Å². The largest absolute Gasteiger partial charge is 0.487 e. The van der Waals surface area contributed by atoms with Crippen LogP contribution in [0, 0.1) is 20.8 Å². The Morgan fingerprint density at radius 2 is 1.81 bits per heavy atom. The van der Waals surface area contributed by atoms with E-state index in [-0.39, 0.29) is 24.8 Å². The van der Waals surface area contributed by atoms with Crippen molar-refractivity contribution in [2.24, 2.45) is 0 Å². The Kier molecular flexibility index (Phi) is 9.59. The molecule has 10 heteroatoms. The molecule has 216 valence electrons.